The zero-order valence-corrected chi connectivity index (χ0v) is 19.9. The lowest BCUT2D eigenvalue weighted by Gasteiger charge is -2.16. The normalized spacial score (nSPS) is 14.6. The fraction of sp³-hybridized carbons (Fsp3) is 0.348. The predicted molar refractivity (Wildman–Crippen MR) is 130 cm³/mol. The van der Waals surface area contributed by atoms with E-state index in [-0.39, 0.29) is 17.8 Å². The summed E-state index contributed by atoms with van der Waals surface area (Å²) in [5.41, 5.74) is 8.84. The van der Waals surface area contributed by atoms with Gasteiger partial charge in [-0.1, -0.05) is 6.07 Å². The number of hydrogen-bond donors (Lipinski definition) is 4. The van der Waals surface area contributed by atoms with E-state index in [0.717, 1.165) is 35.0 Å². The molecule has 0 bridgehead atoms. The highest BCUT2D eigenvalue weighted by molar-refractivity contribution is 7.90. The SMILES string of the molecule is Cc1cc(NC[C@H](C)NS(=O)(=O)C2CC2)c2cnn(-c3cccc(C(=O)NCC(N)=O)c3)c2c1. The number of aryl methyl sites for hydroxylation is 1. The summed E-state index contributed by atoms with van der Waals surface area (Å²) in [5.74, 6) is -1.02. The van der Waals surface area contributed by atoms with Crippen molar-refractivity contribution in [2.75, 3.05) is 18.4 Å². The monoisotopic (exact) mass is 484 g/mol. The number of carbonyl (C=O) groups excluding carboxylic acids is 2. The summed E-state index contributed by atoms with van der Waals surface area (Å²) in [6, 6.07) is 10.6. The Morgan fingerprint density at radius 2 is 2.00 bits per heavy atom. The fourth-order valence-electron chi connectivity index (χ4n) is 3.73. The second-order valence-electron chi connectivity index (χ2n) is 8.65. The highest BCUT2D eigenvalue weighted by Crippen LogP contribution is 2.29. The van der Waals surface area contributed by atoms with Gasteiger partial charge in [0.15, 0.2) is 0 Å². The molecule has 0 aliphatic heterocycles. The molecule has 1 aliphatic carbocycles. The molecular weight excluding hydrogens is 456 g/mol. The maximum Gasteiger partial charge on any atom is 0.251 e. The van der Waals surface area contributed by atoms with Crippen LogP contribution in [0, 0.1) is 6.92 Å². The van der Waals surface area contributed by atoms with Gasteiger partial charge in [0.1, 0.15) is 0 Å². The van der Waals surface area contributed by atoms with E-state index in [1.54, 1.807) is 29.1 Å². The van der Waals surface area contributed by atoms with Gasteiger partial charge in [-0.15, -0.1) is 0 Å². The van der Waals surface area contributed by atoms with Crippen LogP contribution < -0.4 is 21.1 Å². The average molecular weight is 485 g/mol. The van der Waals surface area contributed by atoms with Gasteiger partial charge in [-0.05, 0) is 62.6 Å². The fourth-order valence-corrected chi connectivity index (χ4v) is 5.32. The maximum atomic E-state index is 12.3. The number of carbonyl (C=O) groups is 2. The molecule has 3 aromatic rings. The van der Waals surface area contributed by atoms with E-state index >= 15 is 0 Å². The molecule has 5 N–H and O–H groups in total. The quantitative estimate of drug-likeness (QED) is 0.342. The van der Waals surface area contributed by atoms with Gasteiger partial charge in [0.2, 0.25) is 15.9 Å². The molecule has 1 aromatic heterocycles. The summed E-state index contributed by atoms with van der Waals surface area (Å²) in [4.78, 5) is 23.3. The molecule has 2 aromatic carbocycles. The summed E-state index contributed by atoms with van der Waals surface area (Å²) >= 11 is 0. The highest BCUT2D eigenvalue weighted by Gasteiger charge is 2.36. The van der Waals surface area contributed by atoms with Crippen LogP contribution in [0.25, 0.3) is 16.6 Å². The van der Waals surface area contributed by atoms with E-state index in [2.05, 4.69) is 20.5 Å². The summed E-state index contributed by atoms with van der Waals surface area (Å²) < 4.78 is 28.8. The number of rotatable bonds is 10. The van der Waals surface area contributed by atoms with Crippen LogP contribution >= 0.6 is 0 Å². The third-order valence-corrected chi connectivity index (χ3v) is 7.62. The first-order valence-electron chi connectivity index (χ1n) is 11.0. The second-order valence-corrected chi connectivity index (χ2v) is 10.6. The van der Waals surface area contributed by atoms with E-state index in [4.69, 9.17) is 5.73 Å². The number of aromatic nitrogens is 2. The van der Waals surface area contributed by atoms with E-state index in [9.17, 15) is 18.0 Å². The maximum absolute atomic E-state index is 12.3. The van der Waals surface area contributed by atoms with Gasteiger partial charge < -0.3 is 16.4 Å². The number of primary amides is 1. The molecule has 2 amide bonds. The Hall–Kier alpha value is -3.44. The van der Waals surface area contributed by atoms with Gasteiger partial charge in [-0.2, -0.15) is 5.10 Å². The Morgan fingerprint density at radius 3 is 2.71 bits per heavy atom. The van der Waals surface area contributed by atoms with Crippen molar-refractivity contribution in [1.82, 2.24) is 19.8 Å². The van der Waals surface area contributed by atoms with Crippen molar-refractivity contribution >= 4 is 38.4 Å². The van der Waals surface area contributed by atoms with Gasteiger partial charge in [-0.3, -0.25) is 9.59 Å². The van der Waals surface area contributed by atoms with Crippen molar-refractivity contribution in [1.29, 1.82) is 0 Å². The van der Waals surface area contributed by atoms with Crippen LogP contribution in [-0.2, 0) is 14.8 Å². The molecule has 180 valence electrons. The smallest absolute Gasteiger partial charge is 0.251 e. The van der Waals surface area contributed by atoms with Crippen molar-refractivity contribution in [3.05, 3.63) is 53.7 Å². The number of nitrogens with zero attached hydrogens (tertiary/aromatic N) is 2. The molecule has 4 rings (SSSR count). The minimum atomic E-state index is -3.26. The highest BCUT2D eigenvalue weighted by atomic mass is 32.2. The van der Waals surface area contributed by atoms with Crippen molar-refractivity contribution in [2.24, 2.45) is 5.73 Å². The van der Waals surface area contributed by atoms with Gasteiger partial charge in [-0.25, -0.2) is 17.8 Å². The first-order valence-corrected chi connectivity index (χ1v) is 12.6. The van der Waals surface area contributed by atoms with E-state index in [1.807, 2.05) is 32.0 Å². The van der Waals surface area contributed by atoms with Crippen molar-refractivity contribution in [2.45, 2.75) is 38.0 Å². The summed E-state index contributed by atoms with van der Waals surface area (Å²) in [5, 5.41) is 11.0. The summed E-state index contributed by atoms with van der Waals surface area (Å²) in [7, 11) is -3.26. The molecule has 0 unspecified atom stereocenters. The molecule has 1 aliphatic rings. The molecule has 10 nitrogen and oxygen atoms in total. The number of sulfonamides is 1. The van der Waals surface area contributed by atoms with Crippen molar-refractivity contribution < 1.29 is 18.0 Å². The molecule has 1 heterocycles. The Bertz CT molecular complexity index is 1350. The van der Waals surface area contributed by atoms with Crippen LogP contribution in [0.4, 0.5) is 5.69 Å². The Balaban J connectivity index is 1.55. The van der Waals surface area contributed by atoms with Crippen LogP contribution in [0.15, 0.2) is 42.6 Å². The minimum absolute atomic E-state index is 0.239. The van der Waals surface area contributed by atoms with Gasteiger partial charge in [0.25, 0.3) is 5.91 Å². The number of anilines is 1. The van der Waals surface area contributed by atoms with Gasteiger partial charge >= 0.3 is 0 Å². The third kappa shape index (κ3) is 5.37. The second kappa shape index (κ2) is 9.43. The average Bonchev–Trinajstić information content (AvgIpc) is 3.57. The number of hydrogen-bond acceptors (Lipinski definition) is 6. The molecule has 34 heavy (non-hydrogen) atoms. The zero-order valence-electron chi connectivity index (χ0n) is 19.0. The molecule has 0 radical (unpaired) electrons. The number of nitrogens with one attached hydrogen (secondary N) is 3. The minimum Gasteiger partial charge on any atom is -0.383 e. The molecule has 11 heteroatoms. The zero-order chi connectivity index (χ0) is 24.5. The summed E-state index contributed by atoms with van der Waals surface area (Å²) in [6.07, 6.45) is 3.18. The van der Waals surface area contributed by atoms with Gasteiger partial charge in [0, 0.05) is 29.2 Å². The molecular formula is C23H28N6O4S. The van der Waals surface area contributed by atoms with Crippen molar-refractivity contribution in [3.8, 4) is 5.69 Å². The number of benzene rings is 2. The number of nitrogens with two attached hydrogens (primary N) is 1. The number of amides is 2. The molecule has 0 spiro atoms. The van der Waals surface area contributed by atoms with Crippen LogP contribution in [0.2, 0.25) is 0 Å². The Morgan fingerprint density at radius 1 is 1.24 bits per heavy atom. The molecule has 1 atom stereocenters. The summed E-state index contributed by atoms with van der Waals surface area (Å²) in [6.45, 7) is 3.98. The van der Waals surface area contributed by atoms with Crippen LogP contribution in [-0.4, -0.2) is 54.4 Å². The topological polar surface area (TPSA) is 148 Å². The predicted octanol–water partition coefficient (Wildman–Crippen LogP) is 1.43. The third-order valence-electron chi connectivity index (χ3n) is 5.54. The Labute approximate surface area is 197 Å². The van der Waals surface area contributed by atoms with Crippen LogP contribution in [0.3, 0.4) is 0 Å². The van der Waals surface area contributed by atoms with Crippen LogP contribution in [0.1, 0.15) is 35.7 Å². The lowest BCUT2D eigenvalue weighted by molar-refractivity contribution is -0.117. The lowest BCUT2D eigenvalue weighted by atomic mass is 10.1. The molecule has 0 saturated heterocycles. The van der Waals surface area contributed by atoms with Gasteiger partial charge in [0.05, 0.1) is 29.2 Å². The van der Waals surface area contributed by atoms with Crippen molar-refractivity contribution in [3.63, 3.8) is 0 Å². The Kier molecular flexibility index (Phi) is 6.58. The van der Waals surface area contributed by atoms with E-state index in [1.165, 1.54) is 0 Å². The van der Waals surface area contributed by atoms with E-state index in [0.29, 0.717) is 17.8 Å². The lowest BCUT2D eigenvalue weighted by Crippen LogP contribution is -2.39. The number of fused-ring (bicyclic) bond motifs is 1. The first-order chi connectivity index (χ1) is 16.1. The molecule has 1 saturated carbocycles. The first kappa shape index (κ1) is 23.7. The molecule has 1 fully saturated rings. The van der Waals surface area contributed by atoms with Crippen LogP contribution in [0.5, 0.6) is 0 Å². The largest absolute Gasteiger partial charge is 0.383 e. The van der Waals surface area contributed by atoms with E-state index < -0.39 is 21.8 Å². The standard InChI is InChI=1S/C23H28N6O4S/c1-14-8-20(25-11-15(2)28-34(32,33)18-6-7-18)19-12-27-29(21(19)9-14)17-5-3-4-16(10-17)23(31)26-13-22(24)30/h3-5,8-10,12,15,18,25,28H,6-7,11,13H2,1-2H3,(H2,24,30)(H,26,31)/t15-/m0/s1.